The summed E-state index contributed by atoms with van der Waals surface area (Å²) in [5.41, 5.74) is 13.9. The molecule has 2 aromatic heterocycles. The lowest BCUT2D eigenvalue weighted by Gasteiger charge is -2.21. The van der Waals surface area contributed by atoms with E-state index in [1.807, 2.05) is 0 Å². The zero-order valence-electron chi connectivity index (χ0n) is 27.1. The molecule has 2 nitrogen and oxygen atoms in total. The third-order valence-electron chi connectivity index (χ3n) is 8.91. The van der Waals surface area contributed by atoms with Crippen molar-refractivity contribution < 1.29 is 0 Å². The van der Waals surface area contributed by atoms with Gasteiger partial charge in [0.25, 0.3) is 0 Å². The monoisotopic (exact) mass is 584 g/mol. The third kappa shape index (κ3) is 5.58. The molecule has 7 aromatic rings. The number of aromatic amines is 1. The number of aromatic nitrogens is 2. The van der Waals surface area contributed by atoms with Gasteiger partial charge in [0.05, 0.1) is 16.9 Å². The highest BCUT2D eigenvalue weighted by Gasteiger charge is 2.21. The van der Waals surface area contributed by atoms with Crippen LogP contribution in [0.1, 0.15) is 52.7 Å². The van der Waals surface area contributed by atoms with Crippen LogP contribution >= 0.6 is 0 Å². The predicted octanol–water partition coefficient (Wildman–Crippen LogP) is 12.0. The van der Waals surface area contributed by atoms with Crippen molar-refractivity contribution in [3.05, 3.63) is 139 Å². The Morgan fingerprint density at radius 3 is 1.60 bits per heavy atom. The Labute approximate surface area is 266 Å². The SMILES string of the molecule is CC(C)(C)c1ccc2[nH]c3c(-c4cccc(-c5cc(-c6ccccc6)cc(-c6ccccc6)c5)n4)cc(C(C)(C)C)cc3c2c1. The second-order valence-electron chi connectivity index (χ2n) is 14.3. The Kier molecular flexibility index (Phi) is 6.97. The first-order valence-corrected chi connectivity index (χ1v) is 15.9. The predicted molar refractivity (Wildman–Crippen MR) is 193 cm³/mol. The van der Waals surface area contributed by atoms with Gasteiger partial charge >= 0.3 is 0 Å². The number of nitrogens with one attached hydrogen (secondary N) is 1. The van der Waals surface area contributed by atoms with Gasteiger partial charge in [-0.05, 0) is 98.8 Å². The smallest absolute Gasteiger partial charge is 0.0730 e. The molecule has 0 unspecified atom stereocenters. The van der Waals surface area contributed by atoms with E-state index in [4.69, 9.17) is 4.98 Å². The van der Waals surface area contributed by atoms with E-state index in [9.17, 15) is 0 Å². The van der Waals surface area contributed by atoms with E-state index in [-0.39, 0.29) is 10.8 Å². The largest absolute Gasteiger partial charge is 0.354 e. The molecular formula is C43H40N2. The maximum Gasteiger partial charge on any atom is 0.0730 e. The van der Waals surface area contributed by atoms with Crippen LogP contribution in [0.2, 0.25) is 0 Å². The first-order chi connectivity index (χ1) is 21.5. The van der Waals surface area contributed by atoms with Gasteiger partial charge in [0.1, 0.15) is 0 Å². The van der Waals surface area contributed by atoms with Gasteiger partial charge in [0.15, 0.2) is 0 Å². The zero-order valence-corrected chi connectivity index (χ0v) is 27.1. The quantitative estimate of drug-likeness (QED) is 0.219. The normalized spacial score (nSPS) is 12.2. The van der Waals surface area contributed by atoms with E-state index in [2.05, 4.69) is 174 Å². The molecule has 1 N–H and O–H groups in total. The summed E-state index contributed by atoms with van der Waals surface area (Å²) in [5.74, 6) is 0. The standard InChI is InChI=1S/C43H40N2/c1-42(2,3)33-20-21-40-35(25-33)36-26-34(43(4,5)6)27-37(41(36)45-40)39-19-13-18-38(44-39)32-23-30(28-14-9-7-10-15-28)22-31(24-32)29-16-11-8-12-17-29/h7-27,45H,1-6H3. The molecule has 222 valence electrons. The summed E-state index contributed by atoms with van der Waals surface area (Å²) in [6.07, 6.45) is 0. The van der Waals surface area contributed by atoms with Gasteiger partial charge in [0.2, 0.25) is 0 Å². The average Bonchev–Trinajstić information content (AvgIpc) is 3.42. The molecule has 0 bridgehead atoms. The minimum absolute atomic E-state index is 0.0135. The number of benzene rings is 5. The number of rotatable bonds is 4. The second-order valence-corrected chi connectivity index (χ2v) is 14.3. The number of fused-ring (bicyclic) bond motifs is 3. The molecule has 0 aliphatic rings. The summed E-state index contributed by atoms with van der Waals surface area (Å²) >= 11 is 0. The molecule has 0 aliphatic carbocycles. The highest BCUT2D eigenvalue weighted by molar-refractivity contribution is 6.12. The first-order valence-electron chi connectivity index (χ1n) is 15.9. The van der Waals surface area contributed by atoms with Gasteiger partial charge in [-0.2, -0.15) is 0 Å². The molecule has 0 saturated carbocycles. The molecule has 0 fully saturated rings. The van der Waals surface area contributed by atoms with Crippen LogP contribution in [0.4, 0.5) is 0 Å². The van der Waals surface area contributed by atoms with E-state index in [0.717, 1.165) is 33.5 Å². The van der Waals surface area contributed by atoms with Crippen molar-refractivity contribution in [2.45, 2.75) is 52.4 Å². The summed E-state index contributed by atoms with van der Waals surface area (Å²) in [6.45, 7) is 13.7. The van der Waals surface area contributed by atoms with E-state index < -0.39 is 0 Å². The van der Waals surface area contributed by atoms with Gasteiger partial charge in [0, 0.05) is 27.4 Å². The van der Waals surface area contributed by atoms with Crippen LogP contribution < -0.4 is 0 Å². The van der Waals surface area contributed by atoms with Crippen LogP contribution in [0.15, 0.2) is 127 Å². The minimum atomic E-state index is -0.0135. The number of hydrogen-bond donors (Lipinski definition) is 1. The maximum atomic E-state index is 5.36. The Morgan fingerprint density at radius 2 is 1.00 bits per heavy atom. The topological polar surface area (TPSA) is 28.7 Å². The van der Waals surface area contributed by atoms with Gasteiger partial charge in [-0.25, -0.2) is 4.98 Å². The Bertz CT molecular complexity index is 2100. The lowest BCUT2D eigenvalue weighted by atomic mass is 9.83. The first kappa shape index (κ1) is 28.8. The fourth-order valence-corrected chi connectivity index (χ4v) is 6.22. The molecule has 2 heterocycles. The zero-order chi connectivity index (χ0) is 31.3. The number of pyridine rings is 1. The average molecular weight is 585 g/mol. The molecule has 0 atom stereocenters. The molecule has 5 aromatic carbocycles. The van der Waals surface area contributed by atoms with Gasteiger partial charge in [-0.3, -0.25) is 0 Å². The van der Waals surface area contributed by atoms with E-state index >= 15 is 0 Å². The van der Waals surface area contributed by atoms with Crippen molar-refractivity contribution in [2.75, 3.05) is 0 Å². The van der Waals surface area contributed by atoms with E-state index in [0.29, 0.717) is 0 Å². The second kappa shape index (κ2) is 10.9. The van der Waals surface area contributed by atoms with Crippen molar-refractivity contribution in [3.8, 4) is 44.8 Å². The molecule has 0 saturated heterocycles. The minimum Gasteiger partial charge on any atom is -0.354 e. The van der Waals surface area contributed by atoms with Crippen LogP contribution in [-0.4, -0.2) is 9.97 Å². The summed E-state index contributed by atoms with van der Waals surface area (Å²) in [7, 11) is 0. The van der Waals surface area contributed by atoms with Crippen molar-refractivity contribution in [3.63, 3.8) is 0 Å². The number of nitrogens with zero attached hydrogens (tertiary/aromatic N) is 1. The molecule has 7 rings (SSSR count). The van der Waals surface area contributed by atoms with Crippen LogP contribution in [-0.2, 0) is 10.8 Å². The summed E-state index contributed by atoms with van der Waals surface area (Å²) in [6, 6.07) is 46.0. The van der Waals surface area contributed by atoms with Crippen molar-refractivity contribution in [1.29, 1.82) is 0 Å². The maximum absolute atomic E-state index is 5.36. The highest BCUT2D eigenvalue weighted by atomic mass is 14.7. The fraction of sp³-hybridized carbons (Fsp3) is 0.186. The summed E-state index contributed by atoms with van der Waals surface area (Å²) in [5, 5.41) is 2.52. The van der Waals surface area contributed by atoms with Crippen LogP contribution in [0.5, 0.6) is 0 Å². The van der Waals surface area contributed by atoms with Crippen LogP contribution in [0, 0.1) is 0 Å². The molecule has 2 heteroatoms. The van der Waals surface area contributed by atoms with Crippen molar-refractivity contribution in [2.24, 2.45) is 0 Å². The lowest BCUT2D eigenvalue weighted by Crippen LogP contribution is -2.11. The van der Waals surface area contributed by atoms with Crippen LogP contribution in [0.3, 0.4) is 0 Å². The molecular weight excluding hydrogens is 544 g/mol. The molecule has 0 amide bonds. The van der Waals surface area contributed by atoms with Gasteiger partial charge in [-0.15, -0.1) is 0 Å². The fourth-order valence-electron chi connectivity index (χ4n) is 6.22. The number of H-pyrrole nitrogens is 1. The molecule has 0 radical (unpaired) electrons. The molecule has 45 heavy (non-hydrogen) atoms. The Morgan fingerprint density at radius 1 is 0.444 bits per heavy atom. The third-order valence-corrected chi connectivity index (χ3v) is 8.91. The highest BCUT2D eigenvalue weighted by Crippen LogP contribution is 2.40. The Hall–Kier alpha value is -4.95. The van der Waals surface area contributed by atoms with E-state index in [1.54, 1.807) is 0 Å². The Balaban J connectivity index is 1.43. The number of hydrogen-bond acceptors (Lipinski definition) is 1. The molecule has 0 spiro atoms. The summed E-state index contributed by atoms with van der Waals surface area (Å²) < 4.78 is 0. The summed E-state index contributed by atoms with van der Waals surface area (Å²) in [4.78, 5) is 9.15. The molecule has 0 aliphatic heterocycles. The van der Waals surface area contributed by atoms with Gasteiger partial charge in [-0.1, -0.05) is 114 Å². The lowest BCUT2D eigenvalue weighted by molar-refractivity contribution is 0.590. The van der Waals surface area contributed by atoms with Crippen molar-refractivity contribution in [1.82, 2.24) is 9.97 Å². The van der Waals surface area contributed by atoms with Crippen molar-refractivity contribution >= 4 is 21.8 Å². The van der Waals surface area contributed by atoms with E-state index in [1.165, 1.54) is 44.2 Å². The van der Waals surface area contributed by atoms with Gasteiger partial charge < -0.3 is 4.98 Å². The van der Waals surface area contributed by atoms with Crippen LogP contribution in [0.25, 0.3) is 66.6 Å².